The third kappa shape index (κ3) is 4.81. The maximum absolute atomic E-state index is 14.6. The molecule has 0 saturated heterocycles. The molecule has 3 rings (SSSR count). The molecule has 0 unspecified atom stereocenters. The zero-order chi connectivity index (χ0) is 26.3. The minimum absolute atomic E-state index is 0.0507. The molecular weight excluding hydrogens is 550 g/mol. The van der Waals surface area contributed by atoms with Gasteiger partial charge in [-0.1, -0.05) is 23.2 Å². The van der Waals surface area contributed by atoms with Crippen molar-refractivity contribution in [2.45, 2.75) is 22.9 Å². The first-order chi connectivity index (χ1) is 16.2. The van der Waals surface area contributed by atoms with Crippen LogP contribution in [-0.4, -0.2) is 46.5 Å². The number of pyridine rings is 1. The van der Waals surface area contributed by atoms with Crippen LogP contribution in [0.25, 0.3) is 16.8 Å². The molecule has 0 fully saturated rings. The molecular formula is C20H12Cl2F7N3O2S. The highest BCUT2D eigenvalue weighted by atomic mass is 35.5. The minimum Gasteiger partial charge on any atom is -0.465 e. The van der Waals surface area contributed by atoms with Crippen LogP contribution in [0.4, 0.5) is 30.7 Å². The van der Waals surface area contributed by atoms with E-state index in [1.165, 1.54) is 30.9 Å². The van der Waals surface area contributed by atoms with Crippen molar-refractivity contribution in [2.24, 2.45) is 0 Å². The number of methoxy groups -OCH3 is 1. The van der Waals surface area contributed by atoms with Crippen molar-refractivity contribution in [3.63, 3.8) is 0 Å². The van der Waals surface area contributed by atoms with Gasteiger partial charge in [0.2, 0.25) is 0 Å². The first-order valence-electron chi connectivity index (χ1n) is 9.15. The summed E-state index contributed by atoms with van der Waals surface area (Å²) in [6.07, 6.45) is -7.29. The minimum atomic E-state index is -6.29. The summed E-state index contributed by atoms with van der Waals surface area (Å²) in [4.78, 5) is 15.5. The molecule has 0 N–H and O–H groups in total. The molecule has 3 aromatic rings. The second-order valence-electron chi connectivity index (χ2n) is 6.89. The van der Waals surface area contributed by atoms with Crippen molar-refractivity contribution in [3.8, 4) is 16.8 Å². The Morgan fingerprint density at radius 1 is 1.00 bits per heavy atom. The van der Waals surface area contributed by atoms with Gasteiger partial charge in [-0.05, 0) is 24.5 Å². The van der Waals surface area contributed by atoms with E-state index in [4.69, 9.17) is 23.2 Å². The van der Waals surface area contributed by atoms with E-state index >= 15 is 0 Å². The first kappa shape index (κ1) is 27.1. The predicted octanol–water partition coefficient (Wildman–Crippen LogP) is 7.04. The Morgan fingerprint density at radius 2 is 1.63 bits per heavy atom. The number of thioether (sulfide) groups is 1. The van der Waals surface area contributed by atoms with Crippen LogP contribution in [0.1, 0.15) is 15.9 Å². The highest BCUT2D eigenvalue weighted by Crippen LogP contribution is 2.54. The summed E-state index contributed by atoms with van der Waals surface area (Å²) in [6, 6.07) is 2.04. The van der Waals surface area contributed by atoms with Crippen molar-refractivity contribution in [3.05, 3.63) is 58.1 Å². The van der Waals surface area contributed by atoms with Gasteiger partial charge in [-0.15, -0.1) is 11.8 Å². The predicted molar refractivity (Wildman–Crippen MR) is 115 cm³/mol. The van der Waals surface area contributed by atoms with Crippen LogP contribution in [0.3, 0.4) is 0 Å². The molecule has 1 aromatic carbocycles. The van der Waals surface area contributed by atoms with Gasteiger partial charge in [0.25, 0.3) is 0 Å². The molecule has 0 aliphatic rings. The molecule has 2 aromatic heterocycles. The fourth-order valence-electron chi connectivity index (χ4n) is 3.09. The largest absolute Gasteiger partial charge is 0.465 e. The topological polar surface area (TPSA) is 57.0 Å². The Kier molecular flexibility index (Phi) is 7.36. The van der Waals surface area contributed by atoms with Crippen molar-refractivity contribution in [1.82, 2.24) is 14.8 Å². The monoisotopic (exact) mass is 561 g/mol. The second kappa shape index (κ2) is 9.51. The first-order valence-corrected chi connectivity index (χ1v) is 11.1. The van der Waals surface area contributed by atoms with E-state index in [-0.39, 0.29) is 27.4 Å². The molecule has 0 radical (unpaired) electrons. The van der Waals surface area contributed by atoms with E-state index in [0.717, 1.165) is 23.6 Å². The van der Waals surface area contributed by atoms with Crippen LogP contribution in [0, 0.1) is 0 Å². The van der Waals surface area contributed by atoms with E-state index in [1.807, 2.05) is 0 Å². The molecule has 0 spiro atoms. The number of halogens is 9. The number of alkyl halides is 7. The number of benzene rings is 1. The number of carbonyl (C=O) groups is 1. The standard InChI is InChI=1S/C20H12Cl2F7N3O2S/c1-34-17(33)12-3-9(6-30-16(12)22)10-7-31-32(8-10)15-13(21)4-11(5-14(15)35-2)18(23,19(24,25)26)20(27,28)29/h3-8H,1-2H3. The van der Waals surface area contributed by atoms with Crippen molar-refractivity contribution >= 4 is 40.9 Å². The number of hydrogen-bond acceptors (Lipinski definition) is 5. The molecule has 0 atom stereocenters. The number of rotatable bonds is 5. The van der Waals surface area contributed by atoms with E-state index in [9.17, 15) is 35.5 Å². The van der Waals surface area contributed by atoms with Crippen LogP contribution in [0.2, 0.25) is 10.2 Å². The Morgan fingerprint density at radius 3 is 2.17 bits per heavy atom. The summed E-state index contributed by atoms with van der Waals surface area (Å²) in [6.45, 7) is 0. The summed E-state index contributed by atoms with van der Waals surface area (Å²) >= 11 is 12.7. The maximum Gasteiger partial charge on any atom is 0.435 e. The Hall–Kier alpha value is -2.51. The van der Waals surface area contributed by atoms with Gasteiger partial charge in [0, 0.05) is 34.0 Å². The van der Waals surface area contributed by atoms with E-state index in [0.29, 0.717) is 17.2 Å². The number of hydrogen-bond donors (Lipinski definition) is 0. The molecule has 15 heteroatoms. The molecule has 0 saturated carbocycles. The van der Waals surface area contributed by atoms with Crippen LogP contribution in [0.15, 0.2) is 41.7 Å². The number of carbonyl (C=O) groups excluding carboxylic acids is 1. The van der Waals surface area contributed by atoms with Gasteiger partial charge in [-0.3, -0.25) is 0 Å². The second-order valence-corrected chi connectivity index (χ2v) is 8.50. The van der Waals surface area contributed by atoms with Crippen molar-refractivity contribution in [2.75, 3.05) is 13.4 Å². The summed E-state index contributed by atoms with van der Waals surface area (Å²) in [5.41, 5.74) is -6.80. The van der Waals surface area contributed by atoms with Gasteiger partial charge in [-0.25, -0.2) is 18.9 Å². The lowest BCUT2D eigenvalue weighted by atomic mass is 9.94. The summed E-state index contributed by atoms with van der Waals surface area (Å²) in [7, 11) is 1.14. The highest BCUT2D eigenvalue weighted by Gasteiger charge is 2.73. The Bertz CT molecular complexity index is 1260. The Labute approximate surface area is 207 Å². The van der Waals surface area contributed by atoms with E-state index < -0.39 is 34.6 Å². The van der Waals surface area contributed by atoms with Crippen LogP contribution in [0.5, 0.6) is 0 Å². The number of nitrogens with zero attached hydrogens (tertiary/aromatic N) is 3. The zero-order valence-corrected chi connectivity index (χ0v) is 19.8. The molecule has 5 nitrogen and oxygen atoms in total. The number of ether oxygens (including phenoxy) is 1. The lowest BCUT2D eigenvalue weighted by Crippen LogP contribution is -2.50. The van der Waals surface area contributed by atoms with E-state index in [2.05, 4.69) is 14.8 Å². The lowest BCUT2D eigenvalue weighted by molar-refractivity contribution is -0.348. The SMILES string of the molecule is COC(=O)c1cc(-c2cnn(-c3c(Cl)cc(C(F)(C(F)(F)F)C(F)(F)F)cc3SC)c2)cnc1Cl. The number of esters is 1. The van der Waals surface area contributed by atoms with Gasteiger partial charge < -0.3 is 4.74 Å². The maximum atomic E-state index is 14.6. The molecule has 0 aliphatic heterocycles. The van der Waals surface area contributed by atoms with Gasteiger partial charge in [0.05, 0.1) is 29.6 Å². The molecule has 35 heavy (non-hydrogen) atoms. The molecule has 0 aliphatic carbocycles. The normalized spacial score (nSPS) is 12.7. The van der Waals surface area contributed by atoms with Gasteiger partial charge in [0.15, 0.2) is 0 Å². The third-order valence-electron chi connectivity index (χ3n) is 4.82. The fourth-order valence-corrected chi connectivity index (χ4v) is 4.28. The van der Waals surface area contributed by atoms with Crippen LogP contribution >= 0.6 is 35.0 Å². The molecule has 0 amide bonds. The summed E-state index contributed by atoms with van der Waals surface area (Å²) in [5, 5.41) is 3.31. The molecule has 188 valence electrons. The quantitative estimate of drug-likeness (QED) is 0.145. The van der Waals surface area contributed by atoms with Gasteiger partial charge >= 0.3 is 24.0 Å². The Balaban J connectivity index is 2.13. The highest BCUT2D eigenvalue weighted by molar-refractivity contribution is 7.98. The smallest absolute Gasteiger partial charge is 0.435 e. The molecule has 2 heterocycles. The van der Waals surface area contributed by atoms with Gasteiger partial charge in [0.1, 0.15) is 5.15 Å². The number of aromatic nitrogens is 3. The van der Waals surface area contributed by atoms with E-state index in [1.54, 1.807) is 0 Å². The fraction of sp³-hybridized carbons (Fsp3) is 0.250. The zero-order valence-electron chi connectivity index (χ0n) is 17.4. The van der Waals surface area contributed by atoms with Crippen molar-refractivity contribution in [1.29, 1.82) is 0 Å². The lowest BCUT2D eigenvalue weighted by Gasteiger charge is -2.31. The van der Waals surface area contributed by atoms with Crippen LogP contribution < -0.4 is 0 Å². The van der Waals surface area contributed by atoms with Crippen molar-refractivity contribution < 1.29 is 40.3 Å². The third-order valence-corrected chi connectivity index (χ3v) is 6.16. The van der Waals surface area contributed by atoms with Gasteiger partial charge in [-0.2, -0.15) is 31.4 Å². The average molecular weight is 562 g/mol. The molecule has 0 bridgehead atoms. The average Bonchev–Trinajstić information content (AvgIpc) is 3.25. The van der Waals surface area contributed by atoms with Crippen LogP contribution in [-0.2, 0) is 10.4 Å². The summed E-state index contributed by atoms with van der Waals surface area (Å²) < 4.78 is 99.5. The summed E-state index contributed by atoms with van der Waals surface area (Å²) in [5.74, 6) is -0.760.